The molecule has 1 saturated carbocycles. The van der Waals surface area contributed by atoms with Gasteiger partial charge in [0.2, 0.25) is 0 Å². The molecule has 2 aliphatic carbocycles. The van der Waals surface area contributed by atoms with Crippen LogP contribution in [0, 0.1) is 5.92 Å². The lowest BCUT2D eigenvalue weighted by Gasteiger charge is -2.13. The van der Waals surface area contributed by atoms with Crippen molar-refractivity contribution in [3.05, 3.63) is 34.9 Å². The van der Waals surface area contributed by atoms with E-state index in [2.05, 4.69) is 18.2 Å². The number of ketones is 1. The van der Waals surface area contributed by atoms with Gasteiger partial charge in [-0.15, -0.1) is 0 Å². The number of carbonyl (C=O) groups excluding carboxylic acids is 1. The Morgan fingerprint density at radius 3 is 2.35 bits per heavy atom. The van der Waals surface area contributed by atoms with Gasteiger partial charge in [0, 0.05) is 12.0 Å². The molecule has 23 heavy (non-hydrogen) atoms. The van der Waals surface area contributed by atoms with Crippen LogP contribution in [0.1, 0.15) is 98.5 Å². The maximum atomic E-state index is 12.5. The Hall–Kier alpha value is -1.11. The molecule has 1 nitrogen and oxygen atoms in total. The van der Waals surface area contributed by atoms with Crippen molar-refractivity contribution in [1.82, 2.24) is 0 Å². The lowest BCUT2D eigenvalue weighted by atomic mass is 9.92. The molecule has 0 spiro atoms. The van der Waals surface area contributed by atoms with E-state index in [1.165, 1.54) is 88.2 Å². The average molecular weight is 312 g/mol. The maximum absolute atomic E-state index is 12.5. The second-order valence-electron chi connectivity index (χ2n) is 7.72. The first-order valence-corrected chi connectivity index (χ1v) is 9.98. The van der Waals surface area contributed by atoms with Crippen molar-refractivity contribution in [3.63, 3.8) is 0 Å². The first kappa shape index (κ1) is 16.7. The zero-order valence-electron chi connectivity index (χ0n) is 14.6. The highest BCUT2D eigenvalue weighted by atomic mass is 16.1. The predicted octanol–water partition coefficient (Wildman–Crippen LogP) is 6.28. The van der Waals surface area contributed by atoms with Crippen LogP contribution in [0.5, 0.6) is 0 Å². The smallest absolute Gasteiger partial charge is 0.162 e. The summed E-state index contributed by atoms with van der Waals surface area (Å²) in [7, 11) is 0. The van der Waals surface area contributed by atoms with Crippen LogP contribution >= 0.6 is 0 Å². The molecular weight excluding hydrogens is 280 g/mol. The standard InChI is InChI=1S/C22H32O/c23-22(14-8-11-18-9-4-1-2-5-10-18)21-16-15-19-12-6-3-7-13-20(19)17-21/h15-18H,1-14H2. The Labute approximate surface area is 141 Å². The van der Waals surface area contributed by atoms with Crippen LogP contribution in [0.15, 0.2) is 18.2 Å². The molecule has 1 fully saturated rings. The van der Waals surface area contributed by atoms with Gasteiger partial charge in [0.25, 0.3) is 0 Å². The Bertz CT molecular complexity index is 509. The Morgan fingerprint density at radius 1 is 0.870 bits per heavy atom. The summed E-state index contributed by atoms with van der Waals surface area (Å²) in [6.07, 6.45) is 17.8. The van der Waals surface area contributed by atoms with Crippen LogP contribution in [-0.4, -0.2) is 5.78 Å². The van der Waals surface area contributed by atoms with Crippen molar-refractivity contribution in [1.29, 1.82) is 0 Å². The summed E-state index contributed by atoms with van der Waals surface area (Å²) in [6, 6.07) is 6.51. The van der Waals surface area contributed by atoms with Crippen molar-refractivity contribution >= 4 is 5.78 Å². The summed E-state index contributed by atoms with van der Waals surface area (Å²) in [6.45, 7) is 0. The minimum absolute atomic E-state index is 0.366. The van der Waals surface area contributed by atoms with Gasteiger partial charge < -0.3 is 0 Å². The summed E-state index contributed by atoms with van der Waals surface area (Å²) in [4.78, 5) is 12.5. The van der Waals surface area contributed by atoms with Gasteiger partial charge in [-0.1, -0.05) is 63.5 Å². The van der Waals surface area contributed by atoms with Gasteiger partial charge in [-0.25, -0.2) is 0 Å². The van der Waals surface area contributed by atoms with Crippen molar-refractivity contribution in [2.24, 2.45) is 5.92 Å². The van der Waals surface area contributed by atoms with Gasteiger partial charge in [0.15, 0.2) is 5.78 Å². The fraction of sp³-hybridized carbons (Fsp3) is 0.682. The first-order valence-electron chi connectivity index (χ1n) is 9.98. The summed E-state index contributed by atoms with van der Waals surface area (Å²) in [5.41, 5.74) is 3.89. The van der Waals surface area contributed by atoms with Crippen molar-refractivity contribution in [2.75, 3.05) is 0 Å². The number of carbonyl (C=O) groups is 1. The van der Waals surface area contributed by atoms with Gasteiger partial charge in [0.05, 0.1) is 0 Å². The Balaban J connectivity index is 1.50. The SMILES string of the molecule is O=C(CCCC1CCCCCC1)c1ccc2c(c1)CCCCC2. The van der Waals surface area contributed by atoms with Gasteiger partial charge in [-0.05, 0) is 55.2 Å². The Morgan fingerprint density at radius 2 is 1.57 bits per heavy atom. The van der Waals surface area contributed by atoms with Crippen molar-refractivity contribution < 1.29 is 4.79 Å². The van der Waals surface area contributed by atoms with Crippen LogP contribution in [0.25, 0.3) is 0 Å². The van der Waals surface area contributed by atoms with E-state index < -0.39 is 0 Å². The monoisotopic (exact) mass is 312 g/mol. The van der Waals surface area contributed by atoms with Crippen LogP contribution in [0.2, 0.25) is 0 Å². The van der Waals surface area contributed by atoms with E-state index in [1.807, 2.05) is 0 Å². The molecule has 3 rings (SSSR count). The van der Waals surface area contributed by atoms with E-state index in [0.29, 0.717) is 5.78 Å². The number of aryl methyl sites for hydroxylation is 2. The third-order valence-electron chi connectivity index (χ3n) is 5.91. The number of Topliss-reactive ketones (excluding diaryl/α,β-unsaturated/α-hetero) is 1. The van der Waals surface area contributed by atoms with E-state index in [4.69, 9.17) is 0 Å². The normalized spacial score (nSPS) is 19.7. The molecule has 0 radical (unpaired) electrons. The number of hydrogen-bond donors (Lipinski definition) is 0. The third kappa shape index (κ3) is 4.93. The van der Waals surface area contributed by atoms with Gasteiger partial charge in [-0.3, -0.25) is 4.79 Å². The predicted molar refractivity (Wildman–Crippen MR) is 97.1 cm³/mol. The molecule has 126 valence electrons. The van der Waals surface area contributed by atoms with Crippen molar-refractivity contribution in [2.45, 2.75) is 89.9 Å². The van der Waals surface area contributed by atoms with E-state index >= 15 is 0 Å². The molecule has 0 aliphatic heterocycles. The quantitative estimate of drug-likeness (QED) is 0.355. The topological polar surface area (TPSA) is 17.1 Å². The van der Waals surface area contributed by atoms with E-state index in [9.17, 15) is 4.79 Å². The number of benzene rings is 1. The third-order valence-corrected chi connectivity index (χ3v) is 5.91. The van der Waals surface area contributed by atoms with Crippen molar-refractivity contribution in [3.8, 4) is 0 Å². The summed E-state index contributed by atoms with van der Waals surface area (Å²) < 4.78 is 0. The number of rotatable bonds is 5. The zero-order chi connectivity index (χ0) is 15.9. The molecule has 0 atom stereocenters. The molecule has 1 aromatic rings. The second-order valence-corrected chi connectivity index (χ2v) is 7.72. The number of fused-ring (bicyclic) bond motifs is 1. The average Bonchev–Trinajstić information content (AvgIpc) is 2.96. The van der Waals surface area contributed by atoms with E-state index in [1.54, 1.807) is 0 Å². The molecule has 0 saturated heterocycles. The van der Waals surface area contributed by atoms with E-state index in [-0.39, 0.29) is 0 Å². The first-order chi connectivity index (χ1) is 11.3. The fourth-order valence-corrected chi connectivity index (χ4v) is 4.43. The molecule has 0 amide bonds. The summed E-state index contributed by atoms with van der Waals surface area (Å²) in [5, 5.41) is 0. The highest BCUT2D eigenvalue weighted by molar-refractivity contribution is 5.96. The zero-order valence-corrected chi connectivity index (χ0v) is 14.6. The lowest BCUT2D eigenvalue weighted by Crippen LogP contribution is -2.04. The number of hydrogen-bond acceptors (Lipinski definition) is 1. The molecule has 1 aromatic carbocycles. The minimum Gasteiger partial charge on any atom is -0.294 e. The molecule has 0 heterocycles. The Kier molecular flexibility index (Phi) is 6.30. The molecule has 0 aromatic heterocycles. The van der Waals surface area contributed by atoms with Gasteiger partial charge >= 0.3 is 0 Å². The van der Waals surface area contributed by atoms with Crippen LogP contribution in [-0.2, 0) is 12.8 Å². The molecule has 0 unspecified atom stereocenters. The maximum Gasteiger partial charge on any atom is 0.162 e. The van der Waals surface area contributed by atoms with Crippen LogP contribution in [0.4, 0.5) is 0 Å². The highest BCUT2D eigenvalue weighted by Crippen LogP contribution is 2.27. The molecule has 2 aliphatic rings. The van der Waals surface area contributed by atoms with Gasteiger partial charge in [-0.2, -0.15) is 0 Å². The van der Waals surface area contributed by atoms with Gasteiger partial charge in [0.1, 0.15) is 0 Å². The van der Waals surface area contributed by atoms with E-state index in [0.717, 1.165) is 24.3 Å². The summed E-state index contributed by atoms with van der Waals surface area (Å²) >= 11 is 0. The summed E-state index contributed by atoms with van der Waals surface area (Å²) in [5.74, 6) is 1.25. The van der Waals surface area contributed by atoms with Crippen LogP contribution in [0.3, 0.4) is 0 Å². The largest absolute Gasteiger partial charge is 0.294 e. The molecule has 1 heteroatoms. The highest BCUT2D eigenvalue weighted by Gasteiger charge is 2.15. The lowest BCUT2D eigenvalue weighted by molar-refractivity contribution is 0.0977. The fourth-order valence-electron chi connectivity index (χ4n) is 4.43. The van der Waals surface area contributed by atoms with Crippen LogP contribution < -0.4 is 0 Å². The minimum atomic E-state index is 0.366. The molecule has 0 bridgehead atoms. The molecule has 0 N–H and O–H groups in total. The second kappa shape index (κ2) is 8.66. The molecular formula is C22H32O.